The van der Waals surface area contributed by atoms with Gasteiger partial charge < -0.3 is 15.7 Å². The van der Waals surface area contributed by atoms with Crippen LogP contribution in [0, 0.1) is 5.82 Å². The Morgan fingerprint density at radius 3 is 2.65 bits per heavy atom. The number of hydrogen-bond donors (Lipinski definition) is 3. The number of carboxylic acid groups (broad SMARTS) is 1. The molecule has 3 N–H and O–H groups in total. The number of anilines is 1. The zero-order chi connectivity index (χ0) is 13.0. The molecule has 1 atom stereocenters. The molecule has 0 heterocycles. The molecule has 0 aromatic heterocycles. The minimum absolute atomic E-state index is 0.0247. The minimum atomic E-state index is -1.17. The fourth-order valence-corrected chi connectivity index (χ4v) is 1.34. The molecule has 0 aliphatic heterocycles. The van der Waals surface area contributed by atoms with Gasteiger partial charge in [-0.1, -0.05) is 15.9 Å². The lowest BCUT2D eigenvalue weighted by molar-refractivity contribution is -0.138. The number of amides is 2. The molecular weight excluding hydrogens is 295 g/mol. The predicted molar refractivity (Wildman–Crippen MR) is 63.4 cm³/mol. The summed E-state index contributed by atoms with van der Waals surface area (Å²) in [5.74, 6) is -1.78. The molecule has 0 radical (unpaired) electrons. The standard InChI is InChI=1S/C10H10BrFN2O3/c1-5(9(15)16)13-10(17)14-8-3-2-6(11)4-7(8)12/h2-5H,1H3,(H,15,16)(H2,13,14,17). The van der Waals surface area contributed by atoms with Gasteiger partial charge in [-0.15, -0.1) is 0 Å². The second-order valence-corrected chi connectivity index (χ2v) is 4.20. The van der Waals surface area contributed by atoms with Crippen molar-refractivity contribution in [2.45, 2.75) is 13.0 Å². The summed E-state index contributed by atoms with van der Waals surface area (Å²) in [6.45, 7) is 1.31. The van der Waals surface area contributed by atoms with E-state index in [4.69, 9.17) is 5.11 Å². The summed E-state index contributed by atoms with van der Waals surface area (Å²) in [7, 11) is 0. The van der Waals surface area contributed by atoms with Crippen LogP contribution in [0.3, 0.4) is 0 Å². The SMILES string of the molecule is CC(NC(=O)Nc1ccc(Br)cc1F)C(=O)O. The van der Waals surface area contributed by atoms with Gasteiger partial charge in [0.15, 0.2) is 0 Å². The molecule has 1 rings (SSSR count). The van der Waals surface area contributed by atoms with Crippen molar-refractivity contribution in [1.82, 2.24) is 5.32 Å². The molecule has 0 spiro atoms. The first-order valence-corrected chi connectivity index (χ1v) is 5.45. The molecule has 5 nitrogen and oxygen atoms in total. The van der Waals surface area contributed by atoms with Gasteiger partial charge in [-0.05, 0) is 25.1 Å². The summed E-state index contributed by atoms with van der Waals surface area (Å²) in [6, 6.07) is 2.29. The third-order valence-corrected chi connectivity index (χ3v) is 2.39. The second-order valence-electron chi connectivity index (χ2n) is 3.28. The summed E-state index contributed by atoms with van der Waals surface area (Å²) >= 11 is 3.08. The molecule has 1 aromatic rings. The summed E-state index contributed by atoms with van der Waals surface area (Å²) < 4.78 is 13.9. The number of benzene rings is 1. The van der Waals surface area contributed by atoms with Gasteiger partial charge in [0.2, 0.25) is 0 Å². The Morgan fingerprint density at radius 2 is 2.12 bits per heavy atom. The number of halogens is 2. The van der Waals surface area contributed by atoms with Crippen molar-refractivity contribution in [3.63, 3.8) is 0 Å². The van der Waals surface area contributed by atoms with Gasteiger partial charge in [0.25, 0.3) is 0 Å². The largest absolute Gasteiger partial charge is 0.480 e. The number of hydrogen-bond acceptors (Lipinski definition) is 2. The zero-order valence-electron chi connectivity index (χ0n) is 8.83. The number of urea groups is 1. The van der Waals surface area contributed by atoms with E-state index in [1.165, 1.54) is 19.1 Å². The molecular formula is C10H10BrFN2O3. The van der Waals surface area contributed by atoms with E-state index in [9.17, 15) is 14.0 Å². The lowest BCUT2D eigenvalue weighted by Gasteiger charge is -2.11. The van der Waals surface area contributed by atoms with Crippen molar-refractivity contribution in [3.05, 3.63) is 28.5 Å². The molecule has 17 heavy (non-hydrogen) atoms. The Morgan fingerprint density at radius 1 is 1.47 bits per heavy atom. The maximum Gasteiger partial charge on any atom is 0.325 e. The van der Waals surface area contributed by atoms with Gasteiger partial charge in [0, 0.05) is 4.47 Å². The Hall–Kier alpha value is -1.63. The van der Waals surface area contributed by atoms with E-state index >= 15 is 0 Å². The van der Waals surface area contributed by atoms with Crippen LogP contribution in [-0.2, 0) is 4.79 Å². The number of carboxylic acids is 1. The highest BCUT2D eigenvalue weighted by molar-refractivity contribution is 9.10. The molecule has 0 saturated carbocycles. The predicted octanol–water partition coefficient (Wildman–Crippen LogP) is 2.18. The zero-order valence-corrected chi connectivity index (χ0v) is 10.4. The summed E-state index contributed by atoms with van der Waals surface area (Å²) in [5, 5.41) is 12.9. The molecule has 0 fully saturated rings. The van der Waals surface area contributed by atoms with E-state index < -0.39 is 23.9 Å². The van der Waals surface area contributed by atoms with Crippen molar-refractivity contribution >= 4 is 33.6 Å². The molecule has 7 heteroatoms. The van der Waals surface area contributed by atoms with Crippen LogP contribution in [0.1, 0.15) is 6.92 Å². The fourth-order valence-electron chi connectivity index (χ4n) is 1.01. The highest BCUT2D eigenvalue weighted by atomic mass is 79.9. The number of aliphatic carboxylic acids is 1. The smallest absolute Gasteiger partial charge is 0.325 e. The van der Waals surface area contributed by atoms with E-state index in [0.29, 0.717) is 4.47 Å². The average molecular weight is 305 g/mol. The Balaban J connectivity index is 2.65. The van der Waals surface area contributed by atoms with E-state index in [0.717, 1.165) is 0 Å². The van der Waals surface area contributed by atoms with Gasteiger partial charge >= 0.3 is 12.0 Å². The summed E-state index contributed by atoms with van der Waals surface area (Å²) in [4.78, 5) is 21.8. The van der Waals surface area contributed by atoms with Crippen molar-refractivity contribution in [3.8, 4) is 0 Å². The average Bonchev–Trinajstić information content (AvgIpc) is 2.22. The van der Waals surface area contributed by atoms with Gasteiger partial charge in [0.1, 0.15) is 11.9 Å². The van der Waals surface area contributed by atoms with Gasteiger partial charge in [0.05, 0.1) is 5.69 Å². The molecule has 1 unspecified atom stereocenters. The number of carbonyl (C=O) groups is 2. The maximum absolute atomic E-state index is 13.3. The molecule has 92 valence electrons. The molecule has 2 amide bonds. The quantitative estimate of drug-likeness (QED) is 0.801. The lowest BCUT2D eigenvalue weighted by atomic mass is 10.3. The molecule has 0 bridgehead atoms. The maximum atomic E-state index is 13.3. The first-order valence-electron chi connectivity index (χ1n) is 4.65. The van der Waals surface area contributed by atoms with Crippen LogP contribution in [0.5, 0.6) is 0 Å². The normalized spacial score (nSPS) is 11.7. The molecule has 0 saturated heterocycles. The minimum Gasteiger partial charge on any atom is -0.480 e. The van der Waals surface area contributed by atoms with Crippen molar-refractivity contribution in [2.75, 3.05) is 5.32 Å². The van der Waals surface area contributed by atoms with Crippen LogP contribution in [0.2, 0.25) is 0 Å². The van der Waals surface area contributed by atoms with Gasteiger partial charge in [-0.3, -0.25) is 4.79 Å². The van der Waals surface area contributed by atoms with Crippen molar-refractivity contribution < 1.29 is 19.1 Å². The van der Waals surface area contributed by atoms with Crippen molar-refractivity contribution in [1.29, 1.82) is 0 Å². The Bertz CT molecular complexity index is 453. The topological polar surface area (TPSA) is 78.4 Å². The first kappa shape index (κ1) is 13.4. The lowest BCUT2D eigenvalue weighted by Crippen LogP contribution is -2.41. The Labute approximate surface area is 105 Å². The Kier molecular flexibility index (Phi) is 4.45. The monoisotopic (exact) mass is 304 g/mol. The van der Waals surface area contributed by atoms with E-state index in [1.807, 2.05) is 0 Å². The second kappa shape index (κ2) is 5.62. The third kappa shape index (κ3) is 4.03. The van der Waals surface area contributed by atoms with E-state index in [1.54, 1.807) is 6.07 Å². The van der Waals surface area contributed by atoms with Crippen molar-refractivity contribution in [2.24, 2.45) is 0 Å². The number of carbonyl (C=O) groups excluding carboxylic acids is 1. The number of rotatable bonds is 3. The highest BCUT2D eigenvalue weighted by Crippen LogP contribution is 2.19. The third-order valence-electron chi connectivity index (χ3n) is 1.90. The van der Waals surface area contributed by atoms with E-state index in [2.05, 4.69) is 26.6 Å². The van der Waals surface area contributed by atoms with Gasteiger partial charge in [-0.2, -0.15) is 0 Å². The van der Waals surface area contributed by atoms with Crippen LogP contribution in [0.15, 0.2) is 22.7 Å². The van der Waals surface area contributed by atoms with Crippen LogP contribution in [0.4, 0.5) is 14.9 Å². The van der Waals surface area contributed by atoms with E-state index in [-0.39, 0.29) is 5.69 Å². The molecule has 0 aliphatic carbocycles. The molecule has 1 aromatic carbocycles. The summed E-state index contributed by atoms with van der Waals surface area (Å²) in [5.41, 5.74) is -0.0247. The van der Waals surface area contributed by atoms with Crippen LogP contribution in [-0.4, -0.2) is 23.1 Å². The first-order chi connectivity index (χ1) is 7.90. The van der Waals surface area contributed by atoms with Gasteiger partial charge in [-0.25, -0.2) is 9.18 Å². The van der Waals surface area contributed by atoms with Crippen LogP contribution >= 0.6 is 15.9 Å². The highest BCUT2D eigenvalue weighted by Gasteiger charge is 2.14. The van der Waals surface area contributed by atoms with Crippen LogP contribution in [0.25, 0.3) is 0 Å². The molecule has 0 aliphatic rings. The van der Waals surface area contributed by atoms with Crippen LogP contribution < -0.4 is 10.6 Å². The number of nitrogens with one attached hydrogen (secondary N) is 2. The fraction of sp³-hybridized carbons (Fsp3) is 0.200. The summed E-state index contributed by atoms with van der Waals surface area (Å²) in [6.07, 6.45) is 0.